The molecule has 6 heteroatoms. The molecule has 22 heavy (non-hydrogen) atoms. The van der Waals surface area contributed by atoms with Crippen molar-refractivity contribution in [1.29, 1.82) is 0 Å². The first kappa shape index (κ1) is 16.8. The van der Waals surface area contributed by atoms with E-state index in [1.54, 1.807) is 4.90 Å². The summed E-state index contributed by atoms with van der Waals surface area (Å²) in [4.78, 5) is 13.9. The third-order valence-electron chi connectivity index (χ3n) is 3.87. The molecule has 0 bridgehead atoms. The van der Waals surface area contributed by atoms with Crippen molar-refractivity contribution in [3.05, 3.63) is 29.3 Å². The number of rotatable bonds is 5. The van der Waals surface area contributed by atoms with Crippen molar-refractivity contribution in [2.75, 3.05) is 24.7 Å². The fraction of sp³-hybridized carbons (Fsp3) is 0.562. The monoisotopic (exact) mass is 325 g/mol. The Labute approximate surface area is 132 Å². The van der Waals surface area contributed by atoms with Crippen LogP contribution in [-0.2, 0) is 14.6 Å². The first-order chi connectivity index (χ1) is 10.3. The molecular formula is C16H23NO4S. The van der Waals surface area contributed by atoms with Gasteiger partial charge >= 0.3 is 0 Å². The number of benzene rings is 1. The van der Waals surface area contributed by atoms with E-state index in [-0.39, 0.29) is 30.1 Å². The van der Waals surface area contributed by atoms with Gasteiger partial charge in [0, 0.05) is 12.6 Å². The van der Waals surface area contributed by atoms with Crippen LogP contribution in [0.1, 0.15) is 24.5 Å². The van der Waals surface area contributed by atoms with Gasteiger partial charge in [0.05, 0.1) is 11.5 Å². The number of nitrogens with zero attached hydrogens (tertiary/aromatic N) is 1. The minimum absolute atomic E-state index is 0.0622. The van der Waals surface area contributed by atoms with Gasteiger partial charge in [0.15, 0.2) is 16.4 Å². The second-order valence-corrected chi connectivity index (χ2v) is 8.08. The van der Waals surface area contributed by atoms with Gasteiger partial charge in [0.25, 0.3) is 5.91 Å². The van der Waals surface area contributed by atoms with Crippen molar-refractivity contribution in [2.45, 2.75) is 33.2 Å². The molecule has 5 nitrogen and oxygen atoms in total. The van der Waals surface area contributed by atoms with Gasteiger partial charge in [0.2, 0.25) is 0 Å². The molecule has 1 aliphatic rings. The van der Waals surface area contributed by atoms with Crippen LogP contribution in [0.25, 0.3) is 0 Å². The Morgan fingerprint density at radius 2 is 1.91 bits per heavy atom. The van der Waals surface area contributed by atoms with Crippen molar-refractivity contribution in [3.63, 3.8) is 0 Å². The largest absolute Gasteiger partial charge is 0.484 e. The highest BCUT2D eigenvalue weighted by Gasteiger charge is 2.33. The number of hydrogen-bond acceptors (Lipinski definition) is 4. The lowest BCUT2D eigenvalue weighted by molar-refractivity contribution is -0.135. The summed E-state index contributed by atoms with van der Waals surface area (Å²) in [6, 6.07) is 5.59. The first-order valence-electron chi connectivity index (χ1n) is 7.51. The minimum Gasteiger partial charge on any atom is -0.484 e. The second-order valence-electron chi connectivity index (χ2n) is 5.85. The molecule has 122 valence electrons. The van der Waals surface area contributed by atoms with Gasteiger partial charge in [-0.1, -0.05) is 6.07 Å². The normalized spacial score (nSPS) is 19.9. The molecule has 1 atom stereocenters. The number of sulfone groups is 1. The summed E-state index contributed by atoms with van der Waals surface area (Å²) >= 11 is 0. The highest BCUT2D eigenvalue weighted by Crippen LogP contribution is 2.19. The van der Waals surface area contributed by atoms with Crippen LogP contribution >= 0.6 is 0 Å². The lowest BCUT2D eigenvalue weighted by Crippen LogP contribution is -2.43. The summed E-state index contributed by atoms with van der Waals surface area (Å²) in [6.45, 7) is 6.25. The van der Waals surface area contributed by atoms with Crippen LogP contribution in [-0.4, -0.2) is 49.9 Å². The van der Waals surface area contributed by atoms with E-state index in [9.17, 15) is 13.2 Å². The van der Waals surface area contributed by atoms with Gasteiger partial charge in [-0.25, -0.2) is 8.42 Å². The van der Waals surface area contributed by atoms with Crippen LogP contribution in [0.3, 0.4) is 0 Å². The van der Waals surface area contributed by atoms with Crippen molar-refractivity contribution in [3.8, 4) is 5.75 Å². The number of carbonyl (C=O) groups is 1. The third-order valence-corrected chi connectivity index (χ3v) is 5.62. The lowest BCUT2D eigenvalue weighted by atomic mass is 10.1. The Balaban J connectivity index is 1.98. The number of aryl methyl sites for hydroxylation is 2. The smallest absolute Gasteiger partial charge is 0.260 e. The van der Waals surface area contributed by atoms with Crippen LogP contribution in [0.15, 0.2) is 18.2 Å². The SMILES string of the molecule is CCN(C(=O)COc1cc(C)cc(C)c1)C1CCS(=O)(=O)C1. The van der Waals surface area contributed by atoms with Crippen molar-refractivity contribution in [2.24, 2.45) is 0 Å². The van der Waals surface area contributed by atoms with Crippen LogP contribution < -0.4 is 4.74 Å². The van der Waals surface area contributed by atoms with Crippen LogP contribution in [0.5, 0.6) is 5.75 Å². The average Bonchev–Trinajstić information content (AvgIpc) is 2.76. The van der Waals surface area contributed by atoms with E-state index in [0.29, 0.717) is 18.7 Å². The van der Waals surface area contributed by atoms with Gasteiger partial charge in [-0.2, -0.15) is 0 Å². The summed E-state index contributed by atoms with van der Waals surface area (Å²) in [6.07, 6.45) is 0.519. The number of hydrogen-bond donors (Lipinski definition) is 0. The molecule has 0 aromatic heterocycles. The van der Waals surface area contributed by atoms with E-state index >= 15 is 0 Å². The molecule has 1 fully saturated rings. The minimum atomic E-state index is -3.00. The predicted octanol–water partition coefficient (Wildman–Crippen LogP) is 1.72. The number of amides is 1. The molecule has 0 saturated carbocycles. The Kier molecular flexibility index (Phi) is 5.11. The molecule has 0 N–H and O–H groups in total. The van der Waals surface area contributed by atoms with Crippen molar-refractivity contribution >= 4 is 15.7 Å². The number of likely N-dealkylation sites (N-methyl/N-ethyl adjacent to an activating group) is 1. The van der Waals surface area contributed by atoms with E-state index in [4.69, 9.17) is 4.74 Å². The maximum Gasteiger partial charge on any atom is 0.260 e. The average molecular weight is 325 g/mol. The van der Waals surface area contributed by atoms with E-state index in [1.807, 2.05) is 39.0 Å². The lowest BCUT2D eigenvalue weighted by Gasteiger charge is -2.26. The molecule has 1 saturated heterocycles. The Hall–Kier alpha value is -1.56. The zero-order valence-corrected chi connectivity index (χ0v) is 14.1. The maximum absolute atomic E-state index is 12.3. The zero-order valence-electron chi connectivity index (χ0n) is 13.3. The summed E-state index contributed by atoms with van der Waals surface area (Å²) in [5.74, 6) is 0.736. The van der Waals surface area contributed by atoms with Crippen molar-refractivity contribution < 1.29 is 17.9 Å². The van der Waals surface area contributed by atoms with Gasteiger partial charge in [-0.15, -0.1) is 0 Å². The molecule has 0 aliphatic carbocycles. The molecule has 1 heterocycles. The highest BCUT2D eigenvalue weighted by molar-refractivity contribution is 7.91. The summed E-state index contributed by atoms with van der Waals surface area (Å²) in [5.41, 5.74) is 2.16. The van der Waals surface area contributed by atoms with Crippen LogP contribution in [0, 0.1) is 13.8 Å². The van der Waals surface area contributed by atoms with Crippen LogP contribution in [0.2, 0.25) is 0 Å². The first-order valence-corrected chi connectivity index (χ1v) is 9.34. The Morgan fingerprint density at radius 3 is 2.41 bits per heavy atom. The standard InChI is InChI=1S/C16H23NO4S/c1-4-17(14-5-6-22(19,20)11-14)16(18)10-21-15-8-12(2)7-13(3)9-15/h7-9,14H,4-6,10-11H2,1-3H3. The second kappa shape index (κ2) is 6.69. The zero-order chi connectivity index (χ0) is 16.3. The molecule has 1 aromatic rings. The third kappa shape index (κ3) is 4.22. The molecule has 0 spiro atoms. The molecular weight excluding hydrogens is 302 g/mol. The van der Waals surface area contributed by atoms with Crippen molar-refractivity contribution in [1.82, 2.24) is 4.90 Å². The van der Waals surface area contributed by atoms with E-state index in [1.165, 1.54) is 0 Å². The summed E-state index contributed by atoms with van der Waals surface area (Å²) < 4.78 is 28.7. The highest BCUT2D eigenvalue weighted by atomic mass is 32.2. The molecule has 1 aliphatic heterocycles. The van der Waals surface area contributed by atoms with Gasteiger partial charge in [-0.3, -0.25) is 4.79 Å². The van der Waals surface area contributed by atoms with Gasteiger partial charge in [0.1, 0.15) is 5.75 Å². The number of carbonyl (C=O) groups excluding carboxylic acids is 1. The molecule has 1 amide bonds. The summed E-state index contributed by atoms with van der Waals surface area (Å²) in [5, 5.41) is 0. The van der Waals surface area contributed by atoms with E-state index < -0.39 is 9.84 Å². The molecule has 2 rings (SSSR count). The maximum atomic E-state index is 12.3. The summed E-state index contributed by atoms with van der Waals surface area (Å²) in [7, 11) is -3.00. The molecule has 0 radical (unpaired) electrons. The quantitative estimate of drug-likeness (QED) is 0.827. The Morgan fingerprint density at radius 1 is 1.27 bits per heavy atom. The number of ether oxygens (including phenoxy) is 1. The molecule has 1 unspecified atom stereocenters. The fourth-order valence-corrected chi connectivity index (χ4v) is 4.63. The van der Waals surface area contributed by atoms with Gasteiger partial charge < -0.3 is 9.64 Å². The fourth-order valence-electron chi connectivity index (χ4n) is 2.90. The Bertz CT molecular complexity index is 634. The van der Waals surface area contributed by atoms with E-state index in [2.05, 4.69) is 0 Å². The van der Waals surface area contributed by atoms with Gasteiger partial charge in [-0.05, 0) is 50.5 Å². The van der Waals surface area contributed by atoms with Crippen LogP contribution in [0.4, 0.5) is 0 Å². The molecule has 1 aromatic carbocycles. The topological polar surface area (TPSA) is 63.7 Å². The predicted molar refractivity (Wildman–Crippen MR) is 85.9 cm³/mol. The van der Waals surface area contributed by atoms with E-state index in [0.717, 1.165) is 11.1 Å².